The van der Waals surface area contributed by atoms with Crippen molar-refractivity contribution >= 4 is 40.4 Å². The average Bonchev–Trinajstić information content (AvgIpc) is 3.30. The molecule has 63 heavy (non-hydrogen) atoms. The molecular formula is C42H19BF15O4P. The van der Waals surface area contributed by atoms with Crippen molar-refractivity contribution in [3.05, 3.63) is 196 Å². The molecule has 1 N–H and O–H groups in total. The second-order valence-electron chi connectivity index (χ2n) is 13.1. The number of phenolic OH excluding ortho intramolecular Hbond substituents is 1. The topological polar surface area (TPSA) is 47.9 Å². The summed E-state index contributed by atoms with van der Waals surface area (Å²) >= 11 is 0. The van der Waals surface area contributed by atoms with Gasteiger partial charge in [0.1, 0.15) is 0 Å². The molecule has 0 saturated heterocycles. The number of phenols is 1. The van der Waals surface area contributed by atoms with Crippen LogP contribution in [0.15, 0.2) is 109 Å². The van der Waals surface area contributed by atoms with Gasteiger partial charge in [-0.2, -0.15) is 0 Å². The molecule has 4 nitrogen and oxygen atoms in total. The van der Waals surface area contributed by atoms with Gasteiger partial charge in [-0.3, -0.25) is 0 Å². The van der Waals surface area contributed by atoms with Crippen LogP contribution in [0.25, 0.3) is 0 Å². The summed E-state index contributed by atoms with van der Waals surface area (Å²) in [6, 6.07) is 20.6. The van der Waals surface area contributed by atoms with E-state index in [9.17, 15) is 35.8 Å². The van der Waals surface area contributed by atoms with E-state index in [2.05, 4.69) is 0 Å². The van der Waals surface area contributed by atoms with Crippen LogP contribution in [0.5, 0.6) is 23.0 Å². The third kappa shape index (κ3) is 6.57. The standard InChI is InChI=1S/C42H19BF15O4P/c44-25-28(47)34(53)40(35(54)29(25)48)61-43(62-41-36(55)30(49)26(45)31(50)37(41)56)60-23-17-16-19(59)18-24(23)63(20-10-4-1-5-11-20,21-12-6-2-7-13-21,22-14-8-3-9-15-22)42-38(57)32(51)27(46)33(52)39(42)58/h1-18,59H. The van der Waals surface area contributed by atoms with Gasteiger partial charge in [0.2, 0.25) is 0 Å². The van der Waals surface area contributed by atoms with Gasteiger partial charge in [-0.1, -0.05) is 0 Å². The summed E-state index contributed by atoms with van der Waals surface area (Å²) in [6.07, 6.45) is 0. The summed E-state index contributed by atoms with van der Waals surface area (Å²) in [5.41, 5.74) is 0. The van der Waals surface area contributed by atoms with Gasteiger partial charge in [-0.05, 0) is 0 Å². The Morgan fingerprint density at radius 3 is 0.984 bits per heavy atom. The monoisotopic (exact) mass is 914 g/mol. The summed E-state index contributed by atoms with van der Waals surface area (Å²) < 4.78 is 243. The predicted octanol–water partition coefficient (Wildman–Crippen LogP) is 9.48. The van der Waals surface area contributed by atoms with E-state index in [1.807, 2.05) is 0 Å². The molecule has 0 spiro atoms. The van der Waals surface area contributed by atoms with Crippen LogP contribution in [0.1, 0.15) is 0 Å². The predicted molar refractivity (Wildman–Crippen MR) is 199 cm³/mol. The van der Waals surface area contributed by atoms with E-state index < -0.39 is 135 Å². The van der Waals surface area contributed by atoms with E-state index >= 15 is 35.1 Å². The Morgan fingerprint density at radius 1 is 0.349 bits per heavy atom. The van der Waals surface area contributed by atoms with Crippen LogP contribution >= 0.6 is 6.60 Å². The molecule has 0 bridgehead atoms. The zero-order chi connectivity index (χ0) is 45.7. The zero-order valence-electron chi connectivity index (χ0n) is 30.8. The summed E-state index contributed by atoms with van der Waals surface area (Å²) in [6.45, 7) is -6.32. The molecule has 0 atom stereocenters. The Labute approximate surface area is 344 Å². The molecule has 21 heteroatoms. The van der Waals surface area contributed by atoms with Crippen molar-refractivity contribution < 1.29 is 84.9 Å². The fourth-order valence-electron chi connectivity index (χ4n) is 7.24. The molecule has 0 aromatic heterocycles. The van der Waals surface area contributed by atoms with Gasteiger partial charge in [0, 0.05) is 0 Å². The minimum absolute atomic E-state index is 0.336. The molecule has 7 rings (SSSR count). The van der Waals surface area contributed by atoms with Crippen molar-refractivity contribution in [2.24, 2.45) is 0 Å². The van der Waals surface area contributed by atoms with Crippen LogP contribution in [-0.4, -0.2) is 12.4 Å². The van der Waals surface area contributed by atoms with E-state index in [-0.39, 0.29) is 15.9 Å². The van der Waals surface area contributed by atoms with Crippen LogP contribution in [0.4, 0.5) is 65.9 Å². The van der Waals surface area contributed by atoms with Crippen molar-refractivity contribution in [2.75, 3.05) is 0 Å². The summed E-state index contributed by atoms with van der Waals surface area (Å²) in [7, 11) is -3.50. The van der Waals surface area contributed by atoms with Crippen molar-refractivity contribution in [3.63, 3.8) is 0 Å². The van der Waals surface area contributed by atoms with Gasteiger partial charge in [0.15, 0.2) is 0 Å². The minimum atomic E-state index is -6.32. The number of hydrogen-bond donors (Lipinski definition) is 1. The van der Waals surface area contributed by atoms with Crippen molar-refractivity contribution in [1.29, 1.82) is 0 Å². The van der Waals surface area contributed by atoms with Crippen molar-refractivity contribution in [1.82, 2.24) is 0 Å². The van der Waals surface area contributed by atoms with E-state index in [1.54, 1.807) is 0 Å². The number of benzene rings is 7. The van der Waals surface area contributed by atoms with E-state index in [0.717, 1.165) is 36.4 Å². The molecule has 324 valence electrons. The third-order valence-corrected chi connectivity index (χ3v) is 16.5. The number of halogens is 15. The Hall–Kier alpha value is -6.82. The molecule has 0 aliphatic heterocycles. The molecule has 0 amide bonds. The molecule has 7 aromatic carbocycles. The fourth-order valence-corrected chi connectivity index (χ4v) is 14.2. The number of rotatable bonds is 11. The van der Waals surface area contributed by atoms with Crippen LogP contribution in [0, 0.1) is 87.3 Å². The maximum atomic E-state index is 17.1. The molecule has 0 fully saturated rings. The Kier molecular flexibility index (Phi) is 11.6. The van der Waals surface area contributed by atoms with Crippen molar-refractivity contribution in [3.8, 4) is 23.0 Å². The maximum absolute atomic E-state index is 17.1. The van der Waals surface area contributed by atoms with Crippen LogP contribution in [-0.2, 0) is 0 Å². The summed E-state index contributed by atoms with van der Waals surface area (Å²) in [5, 5.41) is 7.69. The molecule has 0 unspecified atom stereocenters. The Bertz CT molecular complexity index is 2670. The molecule has 0 aliphatic carbocycles. The van der Waals surface area contributed by atoms with Gasteiger partial charge in [0.05, 0.1) is 0 Å². The van der Waals surface area contributed by atoms with Crippen molar-refractivity contribution in [2.45, 2.75) is 0 Å². The molecule has 0 saturated carbocycles. The fraction of sp³-hybridized carbons (Fsp3) is 0. The van der Waals surface area contributed by atoms with E-state index in [1.165, 1.54) is 54.6 Å². The normalized spacial score (nSPS) is 12.1. The first kappa shape index (κ1) is 44.2. The van der Waals surface area contributed by atoms with Crippen LogP contribution in [0.3, 0.4) is 0 Å². The molecule has 0 heterocycles. The molecule has 0 radical (unpaired) electrons. The first-order chi connectivity index (χ1) is 29.9. The Balaban J connectivity index is 1.68. The molecule has 7 aromatic rings. The van der Waals surface area contributed by atoms with Gasteiger partial charge < -0.3 is 0 Å². The second-order valence-corrected chi connectivity index (χ2v) is 17.8. The van der Waals surface area contributed by atoms with Gasteiger partial charge >= 0.3 is 345 Å². The van der Waals surface area contributed by atoms with Crippen LogP contribution < -0.4 is 40.5 Å². The average molecular weight is 914 g/mol. The third-order valence-electron chi connectivity index (χ3n) is 9.87. The summed E-state index contributed by atoms with van der Waals surface area (Å²) in [5.74, 6) is -46.9. The first-order valence-corrected chi connectivity index (χ1v) is 19.7. The van der Waals surface area contributed by atoms with Gasteiger partial charge in [-0.25, -0.2) is 0 Å². The SMILES string of the molecule is Oc1ccc(OB(Oc2c(F)c(F)c(F)c(F)c2F)Oc2c(F)c(F)c(F)c(F)c2F)c(P(c2ccccc2)(c2ccccc2)(c2ccccc2)c2c(F)c(F)c(F)c(F)c2F)c1. The quantitative estimate of drug-likeness (QED) is 0.0463. The first-order valence-electron chi connectivity index (χ1n) is 17.5. The molecular weight excluding hydrogens is 895 g/mol. The van der Waals surface area contributed by atoms with E-state index in [4.69, 9.17) is 14.0 Å². The number of hydrogen-bond acceptors (Lipinski definition) is 4. The number of aromatic hydroxyl groups is 1. The summed E-state index contributed by atoms with van der Waals surface area (Å²) in [4.78, 5) is 0. The van der Waals surface area contributed by atoms with Gasteiger partial charge in [-0.15, -0.1) is 0 Å². The van der Waals surface area contributed by atoms with E-state index in [0.29, 0.717) is 18.2 Å². The second kappa shape index (κ2) is 16.5. The zero-order valence-corrected chi connectivity index (χ0v) is 31.7. The van der Waals surface area contributed by atoms with Crippen LogP contribution in [0.2, 0.25) is 0 Å². The van der Waals surface area contributed by atoms with Gasteiger partial charge in [0.25, 0.3) is 0 Å². The Morgan fingerprint density at radius 2 is 0.651 bits per heavy atom. The molecule has 0 aliphatic rings.